The zero-order chi connectivity index (χ0) is 55.7. The number of rotatable bonds is 24. The maximum atomic E-state index is 12.8. The monoisotopic (exact) mass is 1430 g/mol. The van der Waals surface area contributed by atoms with E-state index in [1.807, 2.05) is 19.1 Å². The van der Waals surface area contributed by atoms with Crippen molar-refractivity contribution in [3.05, 3.63) is 35.1 Å². The molecule has 1 aliphatic rings. The smallest absolute Gasteiger partial charge is 2.00 e. The number of carbonyl (C=O) groups is 1. The average molecular weight is 1430 g/mol. The Morgan fingerprint density at radius 2 is 0.718 bits per heavy atom. The van der Waals surface area contributed by atoms with Crippen molar-refractivity contribution in [3.63, 3.8) is 0 Å². The molecule has 13 N–H and O–H groups in total. The van der Waals surface area contributed by atoms with Gasteiger partial charge in [0.25, 0.3) is 0 Å². The quantitative estimate of drug-likeness (QED) is 0.0112. The molecule has 12 nitrogen and oxygen atoms in total. The molecule has 0 aromatic carbocycles. The first kappa shape index (κ1) is 91.2. The van der Waals surface area contributed by atoms with Gasteiger partial charge in [-0.25, -0.2) is 0 Å². The summed E-state index contributed by atoms with van der Waals surface area (Å²) in [4.78, 5) is 17.2. The molecule has 460 valence electrons. The molecule has 0 unspecified atom stereocenters. The van der Waals surface area contributed by atoms with E-state index in [1.54, 1.807) is 12.4 Å². The number of aliphatic imine (C=N–C) groups is 1. The van der Waals surface area contributed by atoms with Crippen molar-refractivity contribution >= 4 is 63.4 Å². The second-order valence-electron chi connectivity index (χ2n) is 12.3. The van der Waals surface area contributed by atoms with Gasteiger partial charge in [-0.1, -0.05) is 0 Å². The molecule has 0 bridgehead atoms. The first-order valence-electron chi connectivity index (χ1n) is 17.5. The number of hydrogen-bond donors (Lipinski definition) is 9. The van der Waals surface area contributed by atoms with E-state index in [2.05, 4.69) is 92.6 Å². The van der Waals surface area contributed by atoms with Crippen LogP contribution in [0.25, 0.3) is 0 Å². The second-order valence-corrected chi connectivity index (χ2v) is 20.0. The van der Waals surface area contributed by atoms with Gasteiger partial charge in [0.2, 0.25) is 0 Å². The fourth-order valence-corrected chi connectivity index (χ4v) is 3.34. The minimum absolute atomic E-state index is 0. The Bertz CT molecular complexity index is 1400. The first-order chi connectivity index (χ1) is 29.5. The predicted octanol–water partition coefficient (Wildman–Crippen LogP) is 11.5. The van der Waals surface area contributed by atoms with Crippen molar-refractivity contribution in [2.75, 3.05) is 105 Å². The molecule has 0 spiro atoms. The van der Waals surface area contributed by atoms with Crippen LogP contribution < -0.4 is 48.7 Å². The topological polar surface area (TPSA) is 197 Å². The van der Waals surface area contributed by atoms with Gasteiger partial charge in [0.1, 0.15) is 0 Å². The van der Waals surface area contributed by atoms with Crippen molar-refractivity contribution < 1.29 is 175 Å². The second kappa shape index (κ2) is 33.9. The van der Waals surface area contributed by atoms with Crippen LogP contribution in [-0.2, 0) is 69.1 Å². The number of Topliss-reactive ketones (excluding diaryl/α,β-unsaturated/α-hetero) is 1. The van der Waals surface area contributed by atoms with Gasteiger partial charge in [0, 0.05) is 122 Å². The molecule has 1 rings (SSSR count). The van der Waals surface area contributed by atoms with Gasteiger partial charge in [-0.2, -0.15) is 0 Å². The molecule has 0 fully saturated rings. The van der Waals surface area contributed by atoms with Crippen LogP contribution in [0.15, 0.2) is 40.1 Å². The number of carbonyl (C=O) groups excluding carboxylic acids is 1. The molecule has 46 heteroatoms. The number of ketones is 1. The van der Waals surface area contributed by atoms with Crippen molar-refractivity contribution in [2.45, 2.75) is 6.92 Å². The summed E-state index contributed by atoms with van der Waals surface area (Å²) in [6, 6.07) is 0. The van der Waals surface area contributed by atoms with Crippen LogP contribution in [0.2, 0.25) is 0 Å². The number of nitrogens with two attached hydrogens (primary N) is 2. The van der Waals surface area contributed by atoms with E-state index in [0.717, 1.165) is 90.7 Å². The molecule has 0 aliphatic heterocycles. The van der Waals surface area contributed by atoms with Gasteiger partial charge >= 0.3 is 216 Å². The summed E-state index contributed by atoms with van der Waals surface area (Å²) >= 11 is 7.32. The van der Waals surface area contributed by atoms with Gasteiger partial charge < -0.3 is 54.2 Å². The average Bonchev–Trinajstić information content (AvgIpc) is 3.07. The number of nitrogens with one attached hydrogen (secondary N) is 7. The molecule has 1 aliphatic carbocycles. The van der Waals surface area contributed by atoms with E-state index in [-0.39, 0.29) is 45.4 Å². The summed E-state index contributed by atoms with van der Waals surface area (Å²) in [6.07, 6.45) is 7.29. The molecule has 0 saturated heterocycles. The fraction of sp³-hybridized carbons (Fsp3) is 0.680. The third-order valence-corrected chi connectivity index (χ3v) is 5.20. The van der Waals surface area contributed by atoms with Crippen LogP contribution in [0.5, 0.6) is 0 Å². The van der Waals surface area contributed by atoms with Crippen LogP contribution in [0, 0.1) is 0 Å². The maximum Gasteiger partial charge on any atom is 2.00 e. The number of hydrogen-bond acceptors (Lipinski definition) is 11. The third-order valence-electron chi connectivity index (χ3n) is 5.20. The van der Waals surface area contributed by atoms with Gasteiger partial charge in [0.15, 0.2) is 5.78 Å². The van der Waals surface area contributed by atoms with Crippen molar-refractivity contribution in [3.8, 4) is 0 Å². The van der Waals surface area contributed by atoms with Gasteiger partial charge in [-0.15, -0.1) is 0 Å². The van der Waals surface area contributed by atoms with E-state index >= 15 is 0 Å². The van der Waals surface area contributed by atoms with Gasteiger partial charge in [-0.05, 0) is 24.6 Å². The number of allylic oxidation sites excluding steroid dienone is 5. The number of nitrogens with zero attached hydrogens (tertiary/aromatic N) is 1. The zero-order valence-corrected chi connectivity index (χ0v) is 44.3. The molecule has 0 heterocycles. The summed E-state index contributed by atoms with van der Waals surface area (Å²) in [5.74, 6) is -0.00217. The Morgan fingerprint density at radius 1 is 0.479 bits per heavy atom. The van der Waals surface area contributed by atoms with E-state index in [4.69, 9.17) is 11.5 Å². The molecule has 0 saturated carbocycles. The first-order valence-corrected chi connectivity index (χ1v) is 28.2. The van der Waals surface area contributed by atoms with E-state index in [0.29, 0.717) is 30.8 Å². The molecule has 0 amide bonds. The Balaban J connectivity index is -0.000000127. The van der Waals surface area contributed by atoms with Crippen LogP contribution in [0.4, 0.5) is 101 Å². The molecule has 0 atom stereocenters. The molecule has 71 heavy (non-hydrogen) atoms. The SMILES string of the molecule is CC1=C/C(=C/NCCNCCNCCNCCN)C(=O)C(C=NCCNCCNCCNCCN)=C1.F[P-](F)(F)(F)(F)F.F[P-](F)(F)(F)(F)F.F[P-](F)(F)(F)(F)F.F[P-](F)(F)(F)(F)F.O.[Cl][Cu].[Cl][Cu].[Cu+2].[Cu+2]. The summed E-state index contributed by atoms with van der Waals surface area (Å²) in [6.45, 7) is 15.3. The van der Waals surface area contributed by atoms with E-state index in [9.17, 15) is 106 Å². The van der Waals surface area contributed by atoms with Crippen LogP contribution in [0.1, 0.15) is 6.92 Å². The normalized spacial score (nSPS) is 17.0. The van der Waals surface area contributed by atoms with Crippen LogP contribution in [0.3, 0.4) is 0 Å². The largest absolute Gasteiger partial charge is 2.00 e. The van der Waals surface area contributed by atoms with Crippen LogP contribution >= 0.6 is 51.4 Å². The summed E-state index contributed by atoms with van der Waals surface area (Å²) in [5.41, 5.74) is 13.2. The minimum atomic E-state index is -10.7. The summed E-state index contributed by atoms with van der Waals surface area (Å²) in [5, 5.41) is 23.2. The third kappa shape index (κ3) is 167. The van der Waals surface area contributed by atoms with Crippen LogP contribution in [-0.4, -0.2) is 122 Å². The van der Waals surface area contributed by atoms with Gasteiger partial charge in [0.05, 0.1) is 6.54 Å². The zero-order valence-electron chi connectivity index (χ0n) is 35.5. The minimum Gasteiger partial charge on any atom is 2.00 e. The summed E-state index contributed by atoms with van der Waals surface area (Å²) < 4.78 is 237. The Labute approximate surface area is 437 Å². The standard InChI is InChI=1S/C25H50N10O.2ClH.4Cu.4F6P.H2O/c1-22-18-23(20-34-16-14-32-12-10-30-8-6-28-4-2-26)25(36)24(19-22)21-35-17-15-33-13-11-31-9-7-29-5-3-27;;;;;;;4*1-7(2,3,4,5)6;/h18-21,28-34H,2-17,26-27H2,1H3;2*1H;;;;;;;;;1H2/q;;;2*+1;2*+2;4*-1;/p-2/b23-20-,35-21?;;;;;;;;;;;. The maximum absolute atomic E-state index is 12.8. The Kier molecular flexibility index (Phi) is 43.5. The van der Waals surface area contributed by atoms with Crippen molar-refractivity contribution in [1.29, 1.82) is 0 Å². The molecule has 0 aromatic rings. The molecule has 2 radical (unpaired) electrons. The van der Waals surface area contributed by atoms with Crippen molar-refractivity contribution in [1.82, 2.24) is 37.2 Å². The Hall–Kier alpha value is 0.698. The van der Waals surface area contributed by atoms with Crippen molar-refractivity contribution in [2.24, 2.45) is 16.5 Å². The number of halogens is 26. The Morgan fingerprint density at radius 3 is 0.986 bits per heavy atom. The van der Waals surface area contributed by atoms with E-state index < -0.39 is 31.2 Å². The molecular weight excluding hydrogens is 1380 g/mol. The predicted molar refractivity (Wildman–Crippen MR) is 221 cm³/mol. The molecule has 0 aromatic heterocycles. The van der Waals surface area contributed by atoms with E-state index in [1.165, 1.54) is 0 Å². The van der Waals surface area contributed by atoms with Gasteiger partial charge in [-0.3, -0.25) is 9.79 Å². The summed E-state index contributed by atoms with van der Waals surface area (Å²) in [7, 11) is -34.2. The fourth-order valence-electron chi connectivity index (χ4n) is 3.34. The molecular formula is C25H52Cl2Cu4F24N10O2P4.